The Bertz CT molecular complexity index is 748. The Morgan fingerprint density at radius 2 is 2.05 bits per heavy atom. The minimum absolute atomic E-state index is 0.0780. The highest BCUT2D eigenvalue weighted by molar-refractivity contribution is 8.01. The van der Waals surface area contributed by atoms with Crippen molar-refractivity contribution in [2.75, 3.05) is 0 Å². The molecule has 2 rings (SSSR count). The smallest absolute Gasteiger partial charge is 0.347 e. The Labute approximate surface area is 136 Å². The molecule has 0 aliphatic heterocycles. The van der Waals surface area contributed by atoms with Gasteiger partial charge in [0.05, 0.1) is 25.6 Å². The summed E-state index contributed by atoms with van der Waals surface area (Å²) in [7, 11) is 0. The molecule has 0 unspecified atom stereocenters. The van der Waals surface area contributed by atoms with Crippen LogP contribution in [0.25, 0.3) is 0 Å². The first kappa shape index (κ1) is 16.0. The summed E-state index contributed by atoms with van der Waals surface area (Å²) in [4.78, 5) is 25.9. The van der Waals surface area contributed by atoms with Gasteiger partial charge in [-0.25, -0.2) is 9.78 Å². The summed E-state index contributed by atoms with van der Waals surface area (Å²) in [5.41, 5.74) is 0.150. The zero-order chi connectivity index (χ0) is 15.7. The van der Waals surface area contributed by atoms with Crippen LogP contribution in [0.3, 0.4) is 0 Å². The molecule has 1 N–H and O–H groups in total. The molecule has 0 amide bonds. The minimum Gasteiger partial charge on any atom is -0.477 e. The number of nitro benzene ring substituents is 1. The first-order chi connectivity index (χ1) is 9.79. The van der Waals surface area contributed by atoms with E-state index in [1.54, 1.807) is 6.92 Å². The fourth-order valence-corrected chi connectivity index (χ4v) is 3.95. The third kappa shape index (κ3) is 3.46. The van der Waals surface area contributed by atoms with Gasteiger partial charge in [-0.1, -0.05) is 35.0 Å². The molecule has 6 nitrogen and oxygen atoms in total. The average Bonchev–Trinajstić information content (AvgIpc) is 2.74. The van der Waals surface area contributed by atoms with Gasteiger partial charge >= 0.3 is 5.97 Å². The molecule has 0 aliphatic rings. The second kappa shape index (κ2) is 6.18. The SMILES string of the molecule is Cc1nc(Sc2cc(Cl)c(Cl)cc2[N+](=O)[O-])sc1C(=O)O. The van der Waals surface area contributed by atoms with Gasteiger partial charge in [0, 0.05) is 6.07 Å². The Balaban J connectivity index is 2.44. The summed E-state index contributed by atoms with van der Waals surface area (Å²) >= 11 is 13.6. The van der Waals surface area contributed by atoms with E-state index in [4.69, 9.17) is 28.3 Å². The van der Waals surface area contributed by atoms with Crippen LogP contribution in [-0.2, 0) is 0 Å². The number of hydrogen-bond donors (Lipinski definition) is 1. The van der Waals surface area contributed by atoms with E-state index >= 15 is 0 Å². The summed E-state index contributed by atoms with van der Waals surface area (Å²) in [6, 6.07) is 2.52. The van der Waals surface area contributed by atoms with Crippen molar-refractivity contribution < 1.29 is 14.8 Å². The van der Waals surface area contributed by atoms with Gasteiger partial charge in [-0.2, -0.15) is 0 Å². The van der Waals surface area contributed by atoms with Crippen molar-refractivity contribution >= 4 is 58.0 Å². The molecular weight excluding hydrogens is 359 g/mol. The maximum absolute atomic E-state index is 11.0. The van der Waals surface area contributed by atoms with Crippen LogP contribution in [0, 0.1) is 17.0 Å². The number of nitrogens with zero attached hydrogens (tertiary/aromatic N) is 2. The average molecular weight is 365 g/mol. The molecule has 0 bridgehead atoms. The van der Waals surface area contributed by atoms with Crippen LogP contribution in [0.4, 0.5) is 5.69 Å². The fraction of sp³-hybridized carbons (Fsp3) is 0.0909. The first-order valence-electron chi connectivity index (χ1n) is 5.31. The first-order valence-corrected chi connectivity index (χ1v) is 7.70. The number of carboxylic acids is 1. The van der Waals surface area contributed by atoms with Gasteiger partial charge in [0.25, 0.3) is 5.69 Å². The third-order valence-corrected chi connectivity index (χ3v) is 5.34. The molecule has 1 aromatic heterocycles. The van der Waals surface area contributed by atoms with E-state index in [0.717, 1.165) is 29.2 Å². The van der Waals surface area contributed by atoms with Crippen LogP contribution in [0.15, 0.2) is 21.4 Å². The second-order valence-electron chi connectivity index (χ2n) is 3.79. The predicted octanol–water partition coefficient (Wildman–Crippen LogP) is 4.52. The van der Waals surface area contributed by atoms with Crippen molar-refractivity contribution in [2.45, 2.75) is 16.2 Å². The molecule has 0 radical (unpaired) electrons. The van der Waals surface area contributed by atoms with Crippen molar-refractivity contribution in [2.24, 2.45) is 0 Å². The molecule has 0 saturated carbocycles. The highest BCUT2D eigenvalue weighted by atomic mass is 35.5. The van der Waals surface area contributed by atoms with E-state index in [2.05, 4.69) is 4.98 Å². The molecule has 0 aliphatic carbocycles. The van der Waals surface area contributed by atoms with Crippen molar-refractivity contribution in [3.63, 3.8) is 0 Å². The molecule has 0 atom stereocenters. The largest absolute Gasteiger partial charge is 0.477 e. The van der Waals surface area contributed by atoms with E-state index in [0.29, 0.717) is 10.0 Å². The van der Waals surface area contributed by atoms with Crippen molar-refractivity contribution in [3.8, 4) is 0 Å². The lowest BCUT2D eigenvalue weighted by molar-refractivity contribution is -0.387. The molecule has 1 heterocycles. The maximum atomic E-state index is 11.0. The lowest BCUT2D eigenvalue weighted by Crippen LogP contribution is -1.94. The molecular formula is C11H6Cl2N2O4S2. The van der Waals surface area contributed by atoms with Gasteiger partial charge in [0.1, 0.15) is 4.88 Å². The number of halogens is 2. The monoisotopic (exact) mass is 364 g/mol. The number of rotatable bonds is 4. The number of aryl methyl sites for hydroxylation is 1. The zero-order valence-corrected chi connectivity index (χ0v) is 13.4. The second-order valence-corrected chi connectivity index (χ2v) is 6.90. The van der Waals surface area contributed by atoms with E-state index in [9.17, 15) is 14.9 Å². The van der Waals surface area contributed by atoms with Gasteiger partial charge in [-0.05, 0) is 13.0 Å². The Hall–Kier alpha value is -1.35. The minimum atomic E-state index is -1.08. The number of aromatic carboxylic acids is 1. The molecule has 21 heavy (non-hydrogen) atoms. The van der Waals surface area contributed by atoms with Crippen LogP contribution in [-0.4, -0.2) is 21.0 Å². The highest BCUT2D eigenvalue weighted by Crippen LogP contribution is 2.41. The number of benzene rings is 1. The Morgan fingerprint density at radius 3 is 2.57 bits per heavy atom. The lowest BCUT2D eigenvalue weighted by atomic mass is 10.3. The normalized spacial score (nSPS) is 10.6. The van der Waals surface area contributed by atoms with E-state index in [1.807, 2.05) is 0 Å². The van der Waals surface area contributed by atoms with Crippen LogP contribution in [0.2, 0.25) is 10.0 Å². The van der Waals surface area contributed by atoms with Gasteiger partial charge in [0.2, 0.25) is 0 Å². The van der Waals surface area contributed by atoms with Crippen molar-refractivity contribution in [3.05, 3.63) is 42.9 Å². The number of carboxylic acid groups (broad SMARTS) is 1. The fourth-order valence-electron chi connectivity index (χ4n) is 1.45. The molecule has 1 aromatic carbocycles. The zero-order valence-electron chi connectivity index (χ0n) is 10.3. The maximum Gasteiger partial charge on any atom is 0.347 e. The number of thiazole rings is 1. The summed E-state index contributed by atoms with van der Waals surface area (Å²) in [6.45, 7) is 1.56. The van der Waals surface area contributed by atoms with Crippen LogP contribution < -0.4 is 0 Å². The van der Waals surface area contributed by atoms with Gasteiger partial charge in [-0.15, -0.1) is 11.3 Å². The molecule has 0 spiro atoms. The summed E-state index contributed by atoms with van der Waals surface area (Å²) < 4.78 is 0.381. The van der Waals surface area contributed by atoms with E-state index < -0.39 is 10.9 Å². The van der Waals surface area contributed by atoms with Crippen LogP contribution >= 0.6 is 46.3 Å². The molecule has 2 aromatic rings. The topological polar surface area (TPSA) is 93.3 Å². The van der Waals surface area contributed by atoms with E-state index in [-0.39, 0.29) is 25.5 Å². The van der Waals surface area contributed by atoms with Crippen LogP contribution in [0.5, 0.6) is 0 Å². The standard InChI is InChI=1S/C11H6Cl2N2O4S2/c1-4-9(10(16)17)21-11(14-4)20-8-3-6(13)5(12)2-7(8)15(18)19/h2-3H,1H3,(H,16,17). The van der Waals surface area contributed by atoms with Crippen molar-refractivity contribution in [1.29, 1.82) is 0 Å². The predicted molar refractivity (Wildman–Crippen MR) is 81.0 cm³/mol. The Kier molecular flexibility index (Phi) is 4.72. The number of carbonyl (C=O) groups is 1. The van der Waals surface area contributed by atoms with Gasteiger partial charge < -0.3 is 5.11 Å². The van der Waals surface area contributed by atoms with E-state index in [1.165, 1.54) is 6.07 Å². The summed E-state index contributed by atoms with van der Waals surface area (Å²) in [6.07, 6.45) is 0. The summed E-state index contributed by atoms with van der Waals surface area (Å²) in [5, 5.41) is 20.3. The molecule has 110 valence electrons. The number of nitro groups is 1. The summed E-state index contributed by atoms with van der Waals surface area (Å²) in [5.74, 6) is -1.08. The molecule has 10 heteroatoms. The van der Waals surface area contributed by atoms with Crippen LogP contribution in [0.1, 0.15) is 15.4 Å². The number of aromatic nitrogens is 1. The quantitative estimate of drug-likeness (QED) is 0.633. The Morgan fingerprint density at radius 1 is 1.43 bits per heavy atom. The number of hydrogen-bond acceptors (Lipinski definition) is 6. The van der Waals surface area contributed by atoms with Gasteiger partial charge in [-0.3, -0.25) is 10.1 Å². The van der Waals surface area contributed by atoms with Crippen molar-refractivity contribution in [1.82, 2.24) is 4.98 Å². The molecule has 0 fully saturated rings. The lowest BCUT2D eigenvalue weighted by Gasteiger charge is -2.02. The third-order valence-electron chi connectivity index (χ3n) is 2.37. The molecule has 0 saturated heterocycles. The van der Waals surface area contributed by atoms with Gasteiger partial charge in [0.15, 0.2) is 4.34 Å². The highest BCUT2D eigenvalue weighted by Gasteiger charge is 2.21.